The molecule has 3 nitrogen and oxygen atoms in total. The third-order valence-corrected chi connectivity index (χ3v) is 8.99. The molecule has 0 spiro atoms. The second kappa shape index (κ2) is 7.54. The van der Waals surface area contributed by atoms with Gasteiger partial charge in [-0.3, -0.25) is 0 Å². The molecule has 0 aromatic carbocycles. The molecule has 0 aliphatic heterocycles. The van der Waals surface area contributed by atoms with Gasteiger partial charge >= 0.3 is 0 Å². The maximum absolute atomic E-state index is 9.32. The van der Waals surface area contributed by atoms with Crippen LogP contribution in [0.5, 0.6) is 0 Å². The van der Waals surface area contributed by atoms with Crippen molar-refractivity contribution in [3.8, 4) is 0 Å². The van der Waals surface area contributed by atoms with Gasteiger partial charge in [0.05, 0.1) is 0 Å². The molecule has 0 aromatic rings. The smallest absolute Gasteiger partial charge is 0.277 e. The van der Waals surface area contributed by atoms with E-state index in [9.17, 15) is 14.7 Å². The Morgan fingerprint density at radius 2 is 1.29 bits per heavy atom. The molecular weight excluding hydrogens is 273 g/mol. The molecule has 0 radical (unpaired) electrons. The quantitative estimate of drug-likeness (QED) is 0.548. The summed E-state index contributed by atoms with van der Waals surface area (Å²) >= 11 is 0. The predicted octanol–water partition coefficient (Wildman–Crippen LogP) is 1.85. The molecule has 14 heavy (non-hydrogen) atoms. The van der Waals surface area contributed by atoms with Crippen LogP contribution in [0.1, 0.15) is 40.5 Å². The second-order valence-electron chi connectivity index (χ2n) is 3.30. The van der Waals surface area contributed by atoms with E-state index in [0.29, 0.717) is 0 Å². The fourth-order valence-corrected chi connectivity index (χ4v) is 7.45. The zero-order chi connectivity index (χ0) is 10.6. The van der Waals surface area contributed by atoms with E-state index >= 15 is 0 Å². The van der Waals surface area contributed by atoms with Crippen LogP contribution in [0.15, 0.2) is 0 Å². The van der Waals surface area contributed by atoms with E-state index in [4.69, 9.17) is 0 Å². The van der Waals surface area contributed by atoms with Crippen molar-refractivity contribution in [2.75, 3.05) is 0 Å². The summed E-state index contributed by atoms with van der Waals surface area (Å²) < 4.78 is 0. The number of hydrogen-bond donors (Lipinski definition) is 3. The molecule has 0 saturated heterocycles. The second-order valence-corrected chi connectivity index (χ2v) is 9.36. The van der Waals surface area contributed by atoms with Crippen LogP contribution in [-0.4, -0.2) is 25.2 Å². The zero-order valence-corrected chi connectivity index (χ0v) is 14.2. The van der Waals surface area contributed by atoms with E-state index in [1.54, 1.807) is 0 Å². The summed E-state index contributed by atoms with van der Waals surface area (Å²) in [6.45, 7) is 4.29. The standard InChI is InChI=1S/C8H21O3PS.Zn/c1-5-7(3)13(8(4)6-2)12(9,10)11;/h7-11H,5-6H2,1-4H3;. The average Bonchev–Trinajstić information content (AvgIpc) is 2.01. The third kappa shape index (κ3) is 5.39. The largest absolute Gasteiger partial charge is 0.329 e. The van der Waals surface area contributed by atoms with Crippen molar-refractivity contribution in [2.24, 2.45) is 0 Å². The topological polar surface area (TPSA) is 60.7 Å². The van der Waals surface area contributed by atoms with Crippen LogP contribution in [0.2, 0.25) is 0 Å². The maximum atomic E-state index is 9.32. The van der Waals surface area contributed by atoms with Crippen LogP contribution in [-0.2, 0) is 29.6 Å². The minimum atomic E-state index is -3.64. The van der Waals surface area contributed by atoms with Crippen molar-refractivity contribution in [2.45, 2.75) is 51.0 Å². The van der Waals surface area contributed by atoms with Crippen molar-refractivity contribution in [3.05, 3.63) is 0 Å². The molecule has 0 heterocycles. The molecule has 0 rings (SSSR count). The molecule has 0 bridgehead atoms. The minimum Gasteiger partial charge on any atom is -0.329 e. The molecule has 0 fully saturated rings. The Morgan fingerprint density at radius 1 is 1.00 bits per heavy atom. The molecule has 84 valence electrons. The Balaban J connectivity index is 0. The molecular formula is C8H21O3PSZn. The van der Waals surface area contributed by atoms with Crippen LogP contribution in [0.4, 0.5) is 0 Å². The first-order chi connectivity index (χ1) is 5.84. The Kier molecular flexibility index (Phi) is 9.52. The molecule has 3 N–H and O–H groups in total. The van der Waals surface area contributed by atoms with Crippen molar-refractivity contribution >= 4 is 16.8 Å². The fourth-order valence-electron chi connectivity index (χ4n) is 1.22. The van der Waals surface area contributed by atoms with Crippen molar-refractivity contribution in [3.63, 3.8) is 0 Å². The van der Waals surface area contributed by atoms with Gasteiger partial charge in [0.25, 0.3) is 6.72 Å². The number of rotatable bonds is 4. The van der Waals surface area contributed by atoms with Gasteiger partial charge in [0, 0.05) is 30.0 Å². The van der Waals surface area contributed by atoms with E-state index in [0.717, 1.165) is 12.8 Å². The zero-order valence-electron chi connectivity index (χ0n) is 9.47. The SMILES string of the molecule is CCC(C)S(C(C)CC)=P(O)(O)O.[Zn]. The molecule has 0 aliphatic carbocycles. The normalized spacial score (nSPS) is 18.2. The van der Waals surface area contributed by atoms with Gasteiger partial charge in [0.1, 0.15) is 0 Å². The Hall–Kier alpha value is 1.28. The van der Waals surface area contributed by atoms with Crippen molar-refractivity contribution in [1.82, 2.24) is 0 Å². The van der Waals surface area contributed by atoms with Gasteiger partial charge < -0.3 is 14.7 Å². The average molecular weight is 294 g/mol. The van der Waals surface area contributed by atoms with Crippen LogP contribution >= 0.6 is 6.72 Å². The minimum absolute atomic E-state index is 0. The summed E-state index contributed by atoms with van der Waals surface area (Å²) in [5, 5.41) is 0.367. The summed E-state index contributed by atoms with van der Waals surface area (Å²) in [5.74, 6) is 0. The van der Waals surface area contributed by atoms with Gasteiger partial charge in [-0.05, 0) is 12.8 Å². The summed E-state index contributed by atoms with van der Waals surface area (Å²) in [5.41, 5.74) is 0. The molecule has 2 atom stereocenters. The van der Waals surface area contributed by atoms with Gasteiger partial charge in [-0.25, -0.2) is 0 Å². The third-order valence-electron chi connectivity index (χ3n) is 2.26. The van der Waals surface area contributed by atoms with Crippen LogP contribution < -0.4 is 0 Å². The van der Waals surface area contributed by atoms with Crippen molar-refractivity contribution in [1.29, 1.82) is 0 Å². The first-order valence-electron chi connectivity index (χ1n) is 4.64. The predicted molar refractivity (Wildman–Crippen MR) is 60.4 cm³/mol. The van der Waals surface area contributed by atoms with Gasteiger partial charge in [-0.15, -0.1) is 10.1 Å². The van der Waals surface area contributed by atoms with Crippen LogP contribution in [0.3, 0.4) is 0 Å². The Morgan fingerprint density at radius 3 is 1.43 bits per heavy atom. The van der Waals surface area contributed by atoms with E-state index in [1.165, 1.54) is 0 Å². The Labute approximate surface area is 102 Å². The van der Waals surface area contributed by atoms with Crippen molar-refractivity contribution < 1.29 is 34.2 Å². The monoisotopic (exact) mass is 292 g/mol. The van der Waals surface area contributed by atoms with Crippen LogP contribution in [0.25, 0.3) is 0 Å². The maximum Gasteiger partial charge on any atom is 0.277 e. The molecule has 2 unspecified atom stereocenters. The molecule has 0 aliphatic rings. The van der Waals surface area contributed by atoms with Gasteiger partial charge in [0.15, 0.2) is 0 Å². The summed E-state index contributed by atoms with van der Waals surface area (Å²) in [4.78, 5) is 27.9. The summed E-state index contributed by atoms with van der Waals surface area (Å²) in [6, 6.07) is 0. The number of hydrogen-bond acceptors (Lipinski definition) is 0. The molecule has 6 heteroatoms. The molecule has 0 amide bonds. The van der Waals surface area contributed by atoms with Gasteiger partial charge in [-0.1, -0.05) is 27.7 Å². The fraction of sp³-hybridized carbons (Fsp3) is 1.00. The van der Waals surface area contributed by atoms with Gasteiger partial charge in [0.2, 0.25) is 0 Å². The molecule has 0 aromatic heterocycles. The van der Waals surface area contributed by atoms with Crippen LogP contribution in [0, 0.1) is 0 Å². The van der Waals surface area contributed by atoms with E-state index in [-0.39, 0.29) is 30.0 Å². The van der Waals surface area contributed by atoms with E-state index < -0.39 is 16.8 Å². The first-order valence-corrected chi connectivity index (χ1v) is 8.24. The summed E-state index contributed by atoms with van der Waals surface area (Å²) in [7, 11) is -0.654. The van der Waals surface area contributed by atoms with E-state index in [1.807, 2.05) is 27.7 Å². The Bertz CT molecular complexity index is 196. The van der Waals surface area contributed by atoms with Gasteiger partial charge in [-0.2, -0.15) is 0 Å². The summed E-state index contributed by atoms with van der Waals surface area (Å²) in [6.07, 6.45) is 1.74. The first kappa shape index (κ1) is 17.7. The van der Waals surface area contributed by atoms with E-state index in [2.05, 4.69) is 0 Å². The molecule has 0 saturated carbocycles.